The average Bonchev–Trinajstić information content (AvgIpc) is 3.34. The fourth-order valence-electron chi connectivity index (χ4n) is 3.43. The van der Waals surface area contributed by atoms with Gasteiger partial charge in [0.15, 0.2) is 0 Å². The zero-order valence-electron chi connectivity index (χ0n) is 19.8. The average molecular weight is 468 g/mol. The van der Waals surface area contributed by atoms with Crippen molar-refractivity contribution in [3.05, 3.63) is 83.4 Å². The van der Waals surface area contributed by atoms with E-state index in [0.29, 0.717) is 41.1 Å². The first kappa shape index (κ1) is 23.6. The van der Waals surface area contributed by atoms with E-state index in [-0.39, 0.29) is 18.2 Å². The Morgan fingerprint density at radius 3 is 2.69 bits per heavy atom. The lowest BCUT2D eigenvalue weighted by molar-refractivity contribution is -0.116. The van der Waals surface area contributed by atoms with Gasteiger partial charge in [-0.1, -0.05) is 43.3 Å². The van der Waals surface area contributed by atoms with Crippen LogP contribution in [-0.2, 0) is 11.2 Å². The van der Waals surface area contributed by atoms with Gasteiger partial charge in [0.25, 0.3) is 0 Å². The van der Waals surface area contributed by atoms with Gasteiger partial charge >= 0.3 is 0 Å². The molecule has 0 radical (unpaired) electrons. The second kappa shape index (κ2) is 10.6. The minimum absolute atomic E-state index is 0.167. The number of pyridine rings is 1. The van der Waals surface area contributed by atoms with Crippen molar-refractivity contribution >= 4 is 11.6 Å². The first-order chi connectivity index (χ1) is 16.9. The van der Waals surface area contributed by atoms with E-state index in [2.05, 4.69) is 52.5 Å². The molecule has 1 amide bonds. The fourth-order valence-corrected chi connectivity index (χ4v) is 3.43. The minimum atomic E-state index is -0.167. The quantitative estimate of drug-likeness (QED) is 0.348. The molecule has 0 saturated heterocycles. The van der Waals surface area contributed by atoms with Gasteiger partial charge in [-0.05, 0) is 54.3 Å². The van der Waals surface area contributed by atoms with E-state index in [4.69, 9.17) is 9.26 Å². The van der Waals surface area contributed by atoms with E-state index in [1.165, 1.54) is 5.56 Å². The zero-order valence-corrected chi connectivity index (χ0v) is 19.8. The summed E-state index contributed by atoms with van der Waals surface area (Å²) in [5.74, 6) is 1.96. The molecular formula is C27H25N5O3. The number of benzene rings is 2. The van der Waals surface area contributed by atoms with Crippen LogP contribution in [-0.4, -0.2) is 21.0 Å². The number of rotatable bonds is 8. The topological polar surface area (TPSA) is 114 Å². The number of carbonyl (C=O) groups is 1. The molecular weight excluding hydrogens is 442 g/mol. The number of hydrogen-bond donors (Lipinski definition) is 1. The Kier molecular flexibility index (Phi) is 7.17. The molecule has 8 heteroatoms. The highest BCUT2D eigenvalue weighted by Crippen LogP contribution is 2.27. The van der Waals surface area contributed by atoms with Crippen LogP contribution in [0.2, 0.25) is 0 Å². The highest BCUT2D eigenvalue weighted by molar-refractivity contribution is 5.91. The Morgan fingerprint density at radius 2 is 1.97 bits per heavy atom. The molecule has 0 bridgehead atoms. The lowest BCUT2D eigenvalue weighted by atomic mass is 10.0. The number of nitrogens with zero attached hydrogens (tertiary/aromatic N) is 4. The van der Waals surface area contributed by atoms with Crippen molar-refractivity contribution in [1.29, 1.82) is 5.26 Å². The van der Waals surface area contributed by atoms with Crippen LogP contribution in [0.15, 0.2) is 65.3 Å². The Morgan fingerprint density at radius 1 is 1.17 bits per heavy atom. The number of anilines is 1. The number of hydrogen-bond acceptors (Lipinski definition) is 7. The molecule has 0 aliphatic rings. The van der Waals surface area contributed by atoms with Gasteiger partial charge in [0.05, 0.1) is 0 Å². The predicted octanol–water partition coefficient (Wildman–Crippen LogP) is 5.80. The molecule has 0 unspecified atom stereocenters. The van der Waals surface area contributed by atoms with E-state index >= 15 is 0 Å². The molecule has 1 N–H and O–H groups in total. The van der Waals surface area contributed by atoms with E-state index < -0.39 is 0 Å². The van der Waals surface area contributed by atoms with Gasteiger partial charge < -0.3 is 14.6 Å². The fraction of sp³-hybridized carbons (Fsp3) is 0.222. The molecule has 0 aliphatic heterocycles. The normalized spacial score (nSPS) is 10.7. The summed E-state index contributed by atoms with van der Waals surface area (Å²) in [6.45, 7) is 6.15. The van der Waals surface area contributed by atoms with Gasteiger partial charge in [-0.15, -0.1) is 0 Å². The summed E-state index contributed by atoms with van der Waals surface area (Å²) in [6.07, 6.45) is 2.09. The van der Waals surface area contributed by atoms with Crippen LogP contribution < -0.4 is 10.1 Å². The number of aryl methyl sites for hydroxylation is 2. The van der Waals surface area contributed by atoms with Crippen molar-refractivity contribution in [2.75, 3.05) is 5.32 Å². The number of nitriles is 1. The SMILES string of the molecule is Cc1cc(Oc2ncccc2C#N)ccc1NC(=O)CCc1nc(-c2ccc(C(C)C)cc2)no1. The molecule has 8 nitrogen and oxygen atoms in total. The van der Waals surface area contributed by atoms with Crippen molar-refractivity contribution in [3.8, 4) is 29.1 Å². The van der Waals surface area contributed by atoms with Gasteiger partial charge in [-0.2, -0.15) is 10.2 Å². The van der Waals surface area contributed by atoms with Gasteiger partial charge in [0, 0.05) is 30.3 Å². The number of aromatic nitrogens is 3. The van der Waals surface area contributed by atoms with Gasteiger partial charge in [-0.3, -0.25) is 4.79 Å². The van der Waals surface area contributed by atoms with Crippen LogP contribution in [0.25, 0.3) is 11.4 Å². The second-order valence-corrected chi connectivity index (χ2v) is 8.38. The predicted molar refractivity (Wildman–Crippen MR) is 131 cm³/mol. The molecule has 2 aromatic heterocycles. The summed E-state index contributed by atoms with van der Waals surface area (Å²) >= 11 is 0. The summed E-state index contributed by atoms with van der Waals surface area (Å²) in [4.78, 5) is 21.0. The van der Waals surface area contributed by atoms with Gasteiger partial charge in [0.1, 0.15) is 17.4 Å². The summed E-state index contributed by atoms with van der Waals surface area (Å²) in [7, 11) is 0. The molecule has 35 heavy (non-hydrogen) atoms. The number of ether oxygens (including phenoxy) is 1. The first-order valence-corrected chi connectivity index (χ1v) is 11.3. The van der Waals surface area contributed by atoms with Crippen LogP contribution in [0.3, 0.4) is 0 Å². The van der Waals surface area contributed by atoms with Crippen LogP contribution in [0.4, 0.5) is 5.69 Å². The molecule has 0 atom stereocenters. The summed E-state index contributed by atoms with van der Waals surface area (Å²) in [6, 6.07) is 18.7. The van der Waals surface area contributed by atoms with Gasteiger partial charge in [0.2, 0.25) is 23.5 Å². The van der Waals surface area contributed by atoms with Crippen LogP contribution >= 0.6 is 0 Å². The van der Waals surface area contributed by atoms with E-state index in [1.54, 1.807) is 36.5 Å². The Balaban J connectivity index is 1.33. The number of nitrogens with one attached hydrogen (secondary N) is 1. The van der Waals surface area contributed by atoms with Crippen molar-refractivity contribution in [1.82, 2.24) is 15.1 Å². The lowest BCUT2D eigenvalue weighted by Gasteiger charge is -2.11. The van der Waals surface area contributed by atoms with E-state index in [1.807, 2.05) is 19.1 Å². The maximum Gasteiger partial charge on any atom is 0.237 e. The lowest BCUT2D eigenvalue weighted by Crippen LogP contribution is -2.13. The molecule has 0 aliphatic carbocycles. The maximum atomic E-state index is 12.5. The molecule has 0 saturated carbocycles. The molecule has 176 valence electrons. The van der Waals surface area contributed by atoms with Crippen LogP contribution in [0.1, 0.15) is 48.8 Å². The molecule has 4 aromatic rings. The van der Waals surface area contributed by atoms with Crippen molar-refractivity contribution in [2.45, 2.75) is 39.5 Å². The number of amides is 1. The molecule has 2 aromatic carbocycles. The third-order valence-electron chi connectivity index (χ3n) is 5.45. The highest BCUT2D eigenvalue weighted by atomic mass is 16.5. The van der Waals surface area contributed by atoms with E-state index in [9.17, 15) is 10.1 Å². The van der Waals surface area contributed by atoms with Crippen molar-refractivity contribution in [2.24, 2.45) is 0 Å². The zero-order chi connectivity index (χ0) is 24.8. The second-order valence-electron chi connectivity index (χ2n) is 8.38. The standard InChI is InChI=1S/C27H25N5O3/c1-17(2)19-6-8-20(9-7-19)26-31-25(35-32-26)13-12-24(33)30-23-11-10-22(15-18(23)3)34-27-21(16-28)5-4-14-29-27/h4-11,14-15,17H,12-13H2,1-3H3,(H,30,33). The summed E-state index contributed by atoms with van der Waals surface area (Å²) < 4.78 is 11.1. The Hall–Kier alpha value is -4.51. The first-order valence-electron chi connectivity index (χ1n) is 11.3. The summed E-state index contributed by atoms with van der Waals surface area (Å²) in [5, 5.41) is 16.1. The Labute approximate surface area is 203 Å². The van der Waals surface area contributed by atoms with Crippen molar-refractivity contribution in [3.63, 3.8) is 0 Å². The molecule has 2 heterocycles. The van der Waals surface area contributed by atoms with Crippen LogP contribution in [0.5, 0.6) is 11.6 Å². The smallest absolute Gasteiger partial charge is 0.237 e. The Bertz CT molecular complexity index is 1370. The molecule has 0 spiro atoms. The van der Waals surface area contributed by atoms with Crippen molar-refractivity contribution < 1.29 is 14.1 Å². The third kappa shape index (κ3) is 5.89. The maximum absolute atomic E-state index is 12.5. The molecule has 0 fully saturated rings. The third-order valence-corrected chi connectivity index (χ3v) is 5.45. The van der Waals surface area contributed by atoms with E-state index in [0.717, 1.165) is 11.1 Å². The van der Waals surface area contributed by atoms with Gasteiger partial charge in [-0.25, -0.2) is 4.98 Å². The number of carbonyl (C=O) groups excluding carboxylic acids is 1. The largest absolute Gasteiger partial charge is 0.438 e. The minimum Gasteiger partial charge on any atom is -0.438 e. The summed E-state index contributed by atoms with van der Waals surface area (Å²) in [5.41, 5.74) is 3.95. The van der Waals surface area contributed by atoms with Crippen LogP contribution in [0, 0.1) is 18.3 Å². The highest BCUT2D eigenvalue weighted by Gasteiger charge is 2.13. The molecule has 4 rings (SSSR count). The monoisotopic (exact) mass is 467 g/mol.